The number of phenols is 6. The van der Waals surface area contributed by atoms with Crippen LogP contribution in [-0.4, -0.2) is 66.1 Å². The molecule has 12 nitrogen and oxygen atoms in total. The van der Waals surface area contributed by atoms with Gasteiger partial charge in [-0.15, -0.1) is 0 Å². The molecular formula is C20H22N2O10. The average Bonchev–Trinajstić information content (AvgIpc) is 2.73. The number of hydrogen-bond donors (Lipinski definition) is 9. The van der Waals surface area contributed by atoms with Gasteiger partial charge in [-0.1, -0.05) is 0 Å². The van der Waals surface area contributed by atoms with Crippen LogP contribution in [0.25, 0.3) is 0 Å². The van der Waals surface area contributed by atoms with Crippen LogP contribution in [0.2, 0.25) is 0 Å². The smallest absolute Gasteiger partial charge is 0.326 e. The number of carbonyl (C=O) groups is 3. The molecule has 0 fully saturated rings. The molecule has 0 unspecified atom stereocenters. The molecule has 0 saturated carbocycles. The van der Waals surface area contributed by atoms with Crippen molar-refractivity contribution in [1.82, 2.24) is 10.6 Å². The summed E-state index contributed by atoms with van der Waals surface area (Å²) in [5, 5.41) is 70.4. The van der Waals surface area contributed by atoms with Gasteiger partial charge in [0.2, 0.25) is 0 Å². The summed E-state index contributed by atoms with van der Waals surface area (Å²) in [7, 11) is 0. The van der Waals surface area contributed by atoms with E-state index in [0.717, 1.165) is 24.3 Å². The van der Waals surface area contributed by atoms with Crippen LogP contribution < -0.4 is 10.6 Å². The molecule has 172 valence electrons. The minimum atomic E-state index is -1.32. The van der Waals surface area contributed by atoms with E-state index in [1.807, 2.05) is 0 Å². The summed E-state index contributed by atoms with van der Waals surface area (Å²) in [6.07, 6.45) is 0.631. The first-order valence-electron chi connectivity index (χ1n) is 9.33. The minimum absolute atomic E-state index is 0.00772. The van der Waals surface area contributed by atoms with Crippen molar-refractivity contribution >= 4 is 17.8 Å². The molecule has 2 amide bonds. The van der Waals surface area contributed by atoms with Gasteiger partial charge in [-0.05, 0) is 43.5 Å². The Bertz CT molecular complexity index is 991. The van der Waals surface area contributed by atoms with E-state index in [-0.39, 0.29) is 30.5 Å². The average molecular weight is 450 g/mol. The Morgan fingerprint density at radius 3 is 1.59 bits per heavy atom. The lowest BCUT2D eigenvalue weighted by molar-refractivity contribution is -0.139. The molecule has 2 aromatic rings. The lowest BCUT2D eigenvalue weighted by Crippen LogP contribution is -2.40. The summed E-state index contributed by atoms with van der Waals surface area (Å²) in [6.45, 7) is 0.126. The highest BCUT2D eigenvalue weighted by Crippen LogP contribution is 2.36. The number of carboxylic acid groups (broad SMARTS) is 1. The van der Waals surface area contributed by atoms with Crippen LogP contribution in [0, 0.1) is 0 Å². The monoisotopic (exact) mass is 450 g/mol. The molecule has 1 atom stereocenters. The van der Waals surface area contributed by atoms with E-state index >= 15 is 0 Å². The molecular weight excluding hydrogens is 428 g/mol. The number of rotatable bonds is 9. The molecule has 0 saturated heterocycles. The van der Waals surface area contributed by atoms with Crippen molar-refractivity contribution in [2.75, 3.05) is 6.54 Å². The van der Waals surface area contributed by atoms with Gasteiger partial charge in [-0.3, -0.25) is 9.59 Å². The number of benzene rings is 2. The number of carboxylic acids is 1. The van der Waals surface area contributed by atoms with Crippen molar-refractivity contribution < 1.29 is 50.1 Å². The zero-order valence-electron chi connectivity index (χ0n) is 16.6. The first-order chi connectivity index (χ1) is 15.0. The Kier molecular flexibility index (Phi) is 7.56. The second-order valence-corrected chi connectivity index (χ2v) is 6.84. The molecule has 9 N–H and O–H groups in total. The van der Waals surface area contributed by atoms with E-state index < -0.39 is 58.3 Å². The zero-order valence-corrected chi connectivity index (χ0v) is 16.6. The second-order valence-electron chi connectivity index (χ2n) is 6.84. The normalized spacial score (nSPS) is 11.5. The van der Waals surface area contributed by atoms with E-state index in [1.54, 1.807) is 0 Å². The summed E-state index contributed by atoms with van der Waals surface area (Å²) in [4.78, 5) is 35.6. The van der Waals surface area contributed by atoms with Crippen LogP contribution in [0.5, 0.6) is 34.5 Å². The Morgan fingerprint density at radius 1 is 0.719 bits per heavy atom. The predicted molar refractivity (Wildman–Crippen MR) is 108 cm³/mol. The van der Waals surface area contributed by atoms with Crippen LogP contribution in [0.4, 0.5) is 0 Å². The van der Waals surface area contributed by atoms with Crippen LogP contribution in [0.15, 0.2) is 24.3 Å². The van der Waals surface area contributed by atoms with Gasteiger partial charge in [-0.25, -0.2) is 4.79 Å². The summed E-state index contributed by atoms with van der Waals surface area (Å²) in [5.41, 5.74) is -0.342. The molecule has 0 radical (unpaired) electrons. The lowest BCUT2D eigenvalue weighted by atomic mass is 10.1. The number of aliphatic carboxylic acids is 1. The minimum Gasteiger partial charge on any atom is -0.504 e. The van der Waals surface area contributed by atoms with Gasteiger partial charge in [0.05, 0.1) is 0 Å². The lowest BCUT2D eigenvalue weighted by Gasteiger charge is -2.15. The highest BCUT2D eigenvalue weighted by molar-refractivity contribution is 5.97. The number of hydrogen-bond acceptors (Lipinski definition) is 9. The Balaban J connectivity index is 1.85. The summed E-state index contributed by atoms with van der Waals surface area (Å²) >= 11 is 0. The van der Waals surface area contributed by atoms with Crippen molar-refractivity contribution in [2.24, 2.45) is 0 Å². The Hall–Kier alpha value is -4.35. The highest BCUT2D eigenvalue weighted by atomic mass is 16.4. The van der Waals surface area contributed by atoms with Gasteiger partial charge >= 0.3 is 5.97 Å². The number of aromatic hydroxyl groups is 6. The molecule has 2 aromatic carbocycles. The Labute approximate surface area is 181 Å². The molecule has 0 spiro atoms. The first-order valence-corrected chi connectivity index (χ1v) is 9.33. The Morgan fingerprint density at radius 2 is 1.16 bits per heavy atom. The van der Waals surface area contributed by atoms with Gasteiger partial charge in [-0.2, -0.15) is 0 Å². The van der Waals surface area contributed by atoms with Gasteiger partial charge in [0.25, 0.3) is 11.8 Å². The standard InChI is InChI=1S/C20H22N2O10/c23-12-5-9(6-13(24)16(12)27)18(29)21-4-2-1-3-11(20(31)32)22-19(30)10-7-14(25)17(28)15(26)8-10/h5-8,11,23-28H,1-4H2,(H,21,29)(H,22,30)(H,31,32)/t11-/m0/s1. The molecule has 2 rings (SSSR count). The summed E-state index contributed by atoms with van der Waals surface area (Å²) in [6, 6.07) is 2.40. The van der Waals surface area contributed by atoms with E-state index in [9.17, 15) is 50.1 Å². The molecule has 0 aliphatic rings. The van der Waals surface area contributed by atoms with Crippen LogP contribution >= 0.6 is 0 Å². The second kappa shape index (κ2) is 10.1. The largest absolute Gasteiger partial charge is 0.504 e. The zero-order chi connectivity index (χ0) is 24.0. The molecule has 32 heavy (non-hydrogen) atoms. The van der Waals surface area contributed by atoms with Crippen LogP contribution in [0.3, 0.4) is 0 Å². The van der Waals surface area contributed by atoms with Crippen LogP contribution in [-0.2, 0) is 4.79 Å². The number of phenolic OH excluding ortho intramolecular Hbond substituents is 6. The van der Waals surface area contributed by atoms with Crippen molar-refractivity contribution in [3.8, 4) is 34.5 Å². The van der Waals surface area contributed by atoms with Crippen molar-refractivity contribution in [1.29, 1.82) is 0 Å². The molecule has 0 bridgehead atoms. The fraction of sp³-hybridized carbons (Fsp3) is 0.250. The van der Waals surface area contributed by atoms with E-state index in [2.05, 4.69) is 10.6 Å². The van der Waals surface area contributed by atoms with Gasteiger partial charge in [0.1, 0.15) is 6.04 Å². The maximum absolute atomic E-state index is 12.2. The number of unbranched alkanes of at least 4 members (excludes halogenated alkanes) is 1. The summed E-state index contributed by atoms with van der Waals surface area (Å²) in [5.74, 6) is -7.20. The topological polar surface area (TPSA) is 217 Å². The summed E-state index contributed by atoms with van der Waals surface area (Å²) < 4.78 is 0. The SMILES string of the molecule is O=C(NCCCC[C@H](NC(=O)c1cc(O)c(O)c(O)c1)C(=O)O)c1cc(O)c(O)c(O)c1. The van der Waals surface area contributed by atoms with Crippen molar-refractivity contribution in [3.05, 3.63) is 35.4 Å². The molecule has 0 aliphatic heterocycles. The number of carbonyl (C=O) groups excluding carboxylic acids is 2. The maximum atomic E-state index is 12.2. The predicted octanol–water partition coefficient (Wildman–Crippen LogP) is 0.703. The third-order valence-corrected chi connectivity index (χ3v) is 4.47. The highest BCUT2D eigenvalue weighted by Gasteiger charge is 2.22. The first kappa shape index (κ1) is 23.9. The maximum Gasteiger partial charge on any atom is 0.326 e. The third kappa shape index (κ3) is 5.84. The van der Waals surface area contributed by atoms with E-state index in [1.165, 1.54) is 0 Å². The van der Waals surface area contributed by atoms with Crippen LogP contribution in [0.1, 0.15) is 40.0 Å². The fourth-order valence-electron chi connectivity index (χ4n) is 2.75. The van der Waals surface area contributed by atoms with Crippen molar-refractivity contribution in [2.45, 2.75) is 25.3 Å². The quantitative estimate of drug-likeness (QED) is 0.192. The molecule has 0 aromatic heterocycles. The van der Waals surface area contributed by atoms with E-state index in [4.69, 9.17) is 0 Å². The molecule has 0 aliphatic carbocycles. The van der Waals surface area contributed by atoms with Gasteiger partial charge < -0.3 is 46.4 Å². The fourth-order valence-corrected chi connectivity index (χ4v) is 2.75. The van der Waals surface area contributed by atoms with Crippen molar-refractivity contribution in [3.63, 3.8) is 0 Å². The molecule has 12 heteroatoms. The number of nitrogens with one attached hydrogen (secondary N) is 2. The van der Waals surface area contributed by atoms with Gasteiger partial charge in [0.15, 0.2) is 34.5 Å². The third-order valence-electron chi connectivity index (χ3n) is 4.47. The number of amides is 2. The molecule has 0 heterocycles. The van der Waals surface area contributed by atoms with E-state index in [0.29, 0.717) is 6.42 Å². The van der Waals surface area contributed by atoms with Gasteiger partial charge in [0, 0.05) is 17.7 Å².